The monoisotopic (exact) mass is 419 g/mol. The van der Waals surface area contributed by atoms with Gasteiger partial charge in [-0.1, -0.05) is 117 Å². The van der Waals surface area contributed by atoms with E-state index in [2.05, 4.69) is 42.3 Å². The predicted octanol–water partition coefficient (Wildman–Crippen LogP) is 8.79. The zero-order valence-corrected chi connectivity index (χ0v) is 21.1. The van der Waals surface area contributed by atoms with E-state index in [1.807, 2.05) is 0 Å². The number of unbranched alkanes of at least 4 members (excludes halogenated alkanes) is 17. The number of hydrogen-bond acceptors (Lipinski definition) is 0. The maximum Gasteiger partial charge on any atom is 0.256 e. The van der Waals surface area contributed by atoms with Crippen molar-refractivity contribution in [3.05, 3.63) is 18.2 Å². The minimum atomic E-state index is 1.11. The molecule has 1 heterocycles. The Morgan fingerprint density at radius 3 is 1.47 bits per heavy atom. The Balaban J connectivity index is 2.09. The van der Waals surface area contributed by atoms with Crippen LogP contribution in [-0.4, -0.2) is 4.57 Å². The molecular formula is C28H55N2+. The summed E-state index contributed by atoms with van der Waals surface area (Å²) in [6.07, 6.45) is 32.9. The summed E-state index contributed by atoms with van der Waals surface area (Å²) in [7, 11) is 0. The van der Waals surface area contributed by atoms with Crippen molar-refractivity contribution in [3.63, 3.8) is 0 Å². The highest BCUT2D eigenvalue weighted by molar-refractivity contribution is 4.83. The number of hydrogen-bond donors (Lipinski definition) is 0. The van der Waals surface area contributed by atoms with Crippen molar-refractivity contribution in [2.75, 3.05) is 0 Å². The van der Waals surface area contributed by atoms with E-state index in [4.69, 9.17) is 0 Å². The zero-order valence-electron chi connectivity index (χ0n) is 21.1. The Hall–Kier alpha value is -0.790. The maximum absolute atomic E-state index is 2.55. The molecule has 0 aliphatic heterocycles. The second-order valence-electron chi connectivity index (χ2n) is 9.45. The van der Waals surface area contributed by atoms with Crippen LogP contribution in [0.5, 0.6) is 0 Å². The molecule has 2 heteroatoms. The summed E-state index contributed by atoms with van der Waals surface area (Å²) in [6.45, 7) is 9.21. The number of imidazole rings is 1. The predicted molar refractivity (Wildman–Crippen MR) is 133 cm³/mol. The Morgan fingerprint density at radius 2 is 1.00 bits per heavy atom. The third kappa shape index (κ3) is 13.5. The van der Waals surface area contributed by atoms with Crippen LogP contribution in [0.15, 0.2) is 12.4 Å². The first-order valence-electron chi connectivity index (χ1n) is 13.9. The van der Waals surface area contributed by atoms with Crippen LogP contribution in [0, 0.1) is 0 Å². The average Bonchev–Trinajstić information content (AvgIpc) is 3.15. The van der Waals surface area contributed by atoms with Crippen molar-refractivity contribution in [1.82, 2.24) is 4.57 Å². The molecule has 0 spiro atoms. The van der Waals surface area contributed by atoms with Gasteiger partial charge in [0.1, 0.15) is 12.4 Å². The minimum Gasteiger partial charge on any atom is -0.235 e. The second-order valence-corrected chi connectivity index (χ2v) is 9.45. The Labute approximate surface area is 189 Å². The van der Waals surface area contributed by atoms with Crippen LogP contribution in [0.25, 0.3) is 0 Å². The third-order valence-corrected chi connectivity index (χ3v) is 6.69. The molecule has 1 aromatic rings. The van der Waals surface area contributed by atoms with E-state index in [1.165, 1.54) is 135 Å². The molecule has 30 heavy (non-hydrogen) atoms. The second kappa shape index (κ2) is 20.1. The highest BCUT2D eigenvalue weighted by atomic mass is 15.1. The van der Waals surface area contributed by atoms with Gasteiger partial charge < -0.3 is 0 Å². The summed E-state index contributed by atoms with van der Waals surface area (Å²) < 4.78 is 5.02. The van der Waals surface area contributed by atoms with Crippen molar-refractivity contribution >= 4 is 0 Å². The fourth-order valence-corrected chi connectivity index (χ4v) is 4.64. The smallest absolute Gasteiger partial charge is 0.235 e. The van der Waals surface area contributed by atoms with Gasteiger partial charge in [-0.05, 0) is 26.2 Å². The van der Waals surface area contributed by atoms with Gasteiger partial charge in [0.15, 0.2) is 0 Å². The number of nitrogens with zero attached hydrogens (tertiary/aromatic N) is 2. The topological polar surface area (TPSA) is 8.81 Å². The first-order valence-corrected chi connectivity index (χ1v) is 13.9. The molecular weight excluding hydrogens is 364 g/mol. The largest absolute Gasteiger partial charge is 0.256 e. The number of aryl methyl sites for hydroxylation is 2. The molecule has 0 amide bonds. The van der Waals surface area contributed by atoms with Gasteiger partial charge in [-0.25, -0.2) is 9.13 Å². The van der Waals surface area contributed by atoms with E-state index in [9.17, 15) is 0 Å². The first kappa shape index (κ1) is 27.2. The molecule has 0 fully saturated rings. The molecule has 176 valence electrons. The number of rotatable bonds is 22. The van der Waals surface area contributed by atoms with Gasteiger partial charge in [0, 0.05) is 6.42 Å². The Kier molecular flexibility index (Phi) is 18.3. The highest BCUT2D eigenvalue weighted by Crippen LogP contribution is 2.13. The van der Waals surface area contributed by atoms with E-state index in [1.54, 1.807) is 5.82 Å². The van der Waals surface area contributed by atoms with Crippen LogP contribution in [0.4, 0.5) is 0 Å². The molecule has 0 aliphatic rings. The van der Waals surface area contributed by atoms with E-state index in [-0.39, 0.29) is 0 Å². The summed E-state index contributed by atoms with van der Waals surface area (Å²) in [4.78, 5) is 0. The van der Waals surface area contributed by atoms with Crippen molar-refractivity contribution in [2.24, 2.45) is 0 Å². The van der Waals surface area contributed by atoms with Gasteiger partial charge in [0.2, 0.25) is 0 Å². The first-order chi connectivity index (χ1) is 14.8. The molecule has 0 N–H and O–H groups in total. The third-order valence-electron chi connectivity index (χ3n) is 6.69. The highest BCUT2D eigenvalue weighted by Gasteiger charge is 2.15. The molecule has 0 aromatic carbocycles. The van der Waals surface area contributed by atoms with Crippen LogP contribution in [0.2, 0.25) is 0 Å². The van der Waals surface area contributed by atoms with Gasteiger partial charge in [-0.2, -0.15) is 0 Å². The lowest BCUT2D eigenvalue weighted by Crippen LogP contribution is -2.37. The van der Waals surface area contributed by atoms with Gasteiger partial charge >= 0.3 is 0 Å². The van der Waals surface area contributed by atoms with Crippen LogP contribution >= 0.6 is 0 Å². The van der Waals surface area contributed by atoms with Crippen LogP contribution in [0.3, 0.4) is 0 Å². The average molecular weight is 420 g/mol. The normalized spacial score (nSPS) is 11.4. The fraction of sp³-hybridized carbons (Fsp3) is 0.893. The van der Waals surface area contributed by atoms with E-state index < -0.39 is 0 Å². The molecule has 0 aliphatic carbocycles. The van der Waals surface area contributed by atoms with Crippen LogP contribution in [0.1, 0.15) is 149 Å². The molecule has 0 bridgehead atoms. The number of aromatic nitrogens is 2. The van der Waals surface area contributed by atoms with Crippen molar-refractivity contribution in [3.8, 4) is 0 Å². The lowest BCUT2D eigenvalue weighted by atomic mass is 10.1. The van der Waals surface area contributed by atoms with Crippen LogP contribution in [-0.2, 0) is 19.5 Å². The van der Waals surface area contributed by atoms with E-state index in [0.717, 1.165) is 6.54 Å². The SMILES string of the molecule is CCCCCCCCCCCCCC[n+]1ccn(CC)c1CCCCCCCCC. The van der Waals surface area contributed by atoms with E-state index in [0.29, 0.717) is 0 Å². The summed E-state index contributed by atoms with van der Waals surface area (Å²) in [5.74, 6) is 1.56. The van der Waals surface area contributed by atoms with Gasteiger partial charge in [0.05, 0.1) is 13.1 Å². The van der Waals surface area contributed by atoms with E-state index >= 15 is 0 Å². The lowest BCUT2D eigenvalue weighted by Gasteiger charge is -2.06. The molecule has 0 unspecified atom stereocenters. The molecule has 1 aromatic heterocycles. The minimum absolute atomic E-state index is 1.11. The summed E-state index contributed by atoms with van der Waals surface area (Å²) in [6, 6.07) is 0. The Morgan fingerprint density at radius 1 is 0.567 bits per heavy atom. The standard InChI is InChI=1S/C28H55N2/c1-4-7-9-11-13-14-15-16-17-19-21-23-25-30-27-26-29(6-3)28(30)24-22-20-18-12-10-8-5-2/h26-27H,4-25H2,1-3H3/q+1. The van der Waals surface area contributed by atoms with Gasteiger partial charge in [0.25, 0.3) is 5.82 Å². The van der Waals surface area contributed by atoms with Crippen LogP contribution < -0.4 is 4.57 Å². The van der Waals surface area contributed by atoms with Gasteiger partial charge in [-0.15, -0.1) is 0 Å². The summed E-state index contributed by atoms with van der Waals surface area (Å²) >= 11 is 0. The summed E-state index contributed by atoms with van der Waals surface area (Å²) in [5.41, 5.74) is 0. The fourth-order valence-electron chi connectivity index (χ4n) is 4.64. The van der Waals surface area contributed by atoms with Crippen molar-refractivity contribution < 1.29 is 4.57 Å². The quantitative estimate of drug-likeness (QED) is 0.131. The molecule has 1 rings (SSSR count). The zero-order chi connectivity index (χ0) is 21.7. The lowest BCUT2D eigenvalue weighted by molar-refractivity contribution is -0.704. The molecule has 0 saturated carbocycles. The molecule has 0 saturated heterocycles. The summed E-state index contributed by atoms with van der Waals surface area (Å²) in [5, 5.41) is 0. The molecule has 0 atom stereocenters. The van der Waals surface area contributed by atoms with Crippen molar-refractivity contribution in [1.29, 1.82) is 0 Å². The molecule has 2 nitrogen and oxygen atoms in total. The van der Waals surface area contributed by atoms with Gasteiger partial charge in [-0.3, -0.25) is 0 Å². The molecule has 0 radical (unpaired) electrons. The van der Waals surface area contributed by atoms with Crippen molar-refractivity contribution in [2.45, 2.75) is 162 Å². The maximum atomic E-state index is 2.55. The Bertz CT molecular complexity index is 477.